The number of carbonyl (C=O) groups excluding carboxylic acids is 1. The van der Waals surface area contributed by atoms with E-state index in [9.17, 15) is 9.18 Å². The molecule has 1 aromatic heterocycles. The molecule has 2 aromatic rings. The number of fused-ring (bicyclic) bond motifs is 1. The van der Waals surface area contributed by atoms with Crippen molar-refractivity contribution in [2.45, 2.75) is 6.92 Å². The van der Waals surface area contributed by atoms with Crippen LogP contribution < -0.4 is 5.32 Å². The van der Waals surface area contributed by atoms with Crippen molar-refractivity contribution in [2.24, 2.45) is 5.92 Å². The minimum atomic E-state index is -0.333. The number of furan rings is 1. The highest BCUT2D eigenvalue weighted by Crippen LogP contribution is 2.22. The van der Waals surface area contributed by atoms with Crippen molar-refractivity contribution in [2.75, 3.05) is 13.6 Å². The number of halogens is 1. The first-order chi connectivity index (χ1) is 8.11. The van der Waals surface area contributed by atoms with E-state index in [0.29, 0.717) is 17.5 Å². The summed E-state index contributed by atoms with van der Waals surface area (Å²) in [5.41, 5.74) is 0.534. The maximum Gasteiger partial charge on any atom is 0.202 e. The molecule has 0 radical (unpaired) electrons. The molecule has 0 saturated heterocycles. The molecule has 0 saturated carbocycles. The minimum absolute atomic E-state index is 0.0732. The predicted molar refractivity (Wildman–Crippen MR) is 63.6 cm³/mol. The maximum absolute atomic E-state index is 13.0. The molecular weight excluding hydrogens is 221 g/mol. The summed E-state index contributed by atoms with van der Waals surface area (Å²) >= 11 is 0. The van der Waals surface area contributed by atoms with Gasteiger partial charge in [0.15, 0.2) is 5.76 Å². The molecule has 1 unspecified atom stereocenters. The van der Waals surface area contributed by atoms with Crippen LogP contribution in [0.25, 0.3) is 11.0 Å². The van der Waals surface area contributed by atoms with Crippen molar-refractivity contribution >= 4 is 16.8 Å². The van der Waals surface area contributed by atoms with Crippen LogP contribution in [-0.2, 0) is 0 Å². The van der Waals surface area contributed by atoms with E-state index in [-0.39, 0.29) is 23.3 Å². The third kappa shape index (κ3) is 2.36. The Kier molecular flexibility index (Phi) is 3.24. The molecule has 0 bridgehead atoms. The van der Waals surface area contributed by atoms with E-state index in [1.165, 1.54) is 18.2 Å². The van der Waals surface area contributed by atoms with Gasteiger partial charge in [-0.05, 0) is 31.3 Å². The molecule has 3 nitrogen and oxygen atoms in total. The Balaban J connectivity index is 2.33. The van der Waals surface area contributed by atoms with Crippen LogP contribution in [0.15, 0.2) is 28.7 Å². The lowest BCUT2D eigenvalue weighted by Crippen LogP contribution is -2.23. The molecule has 0 spiro atoms. The fourth-order valence-corrected chi connectivity index (χ4v) is 1.78. The number of ketones is 1. The quantitative estimate of drug-likeness (QED) is 0.828. The van der Waals surface area contributed by atoms with Gasteiger partial charge in [0, 0.05) is 17.8 Å². The van der Waals surface area contributed by atoms with Crippen molar-refractivity contribution in [1.29, 1.82) is 0 Å². The number of hydrogen-bond donors (Lipinski definition) is 1. The fourth-order valence-electron chi connectivity index (χ4n) is 1.78. The molecule has 0 fully saturated rings. The lowest BCUT2D eigenvalue weighted by atomic mass is 10.0. The van der Waals surface area contributed by atoms with Crippen LogP contribution in [-0.4, -0.2) is 19.4 Å². The Morgan fingerprint density at radius 1 is 1.47 bits per heavy atom. The third-order valence-corrected chi connectivity index (χ3v) is 2.68. The highest BCUT2D eigenvalue weighted by molar-refractivity contribution is 5.98. The standard InChI is InChI=1S/C13H14FNO2/c1-8(7-15-2)13(16)12-6-9-5-10(14)3-4-11(9)17-12/h3-6,8,15H,7H2,1-2H3. The molecular formula is C13H14FNO2. The average Bonchev–Trinajstić information content (AvgIpc) is 2.71. The number of carbonyl (C=O) groups is 1. The van der Waals surface area contributed by atoms with E-state index in [1.807, 2.05) is 6.92 Å². The third-order valence-electron chi connectivity index (χ3n) is 2.68. The normalized spacial score (nSPS) is 12.9. The van der Waals surface area contributed by atoms with Gasteiger partial charge in [-0.25, -0.2) is 4.39 Å². The van der Waals surface area contributed by atoms with Gasteiger partial charge in [-0.15, -0.1) is 0 Å². The lowest BCUT2D eigenvalue weighted by Gasteiger charge is -2.06. The van der Waals surface area contributed by atoms with Crippen molar-refractivity contribution < 1.29 is 13.6 Å². The topological polar surface area (TPSA) is 42.2 Å². The summed E-state index contributed by atoms with van der Waals surface area (Å²) in [6, 6.07) is 5.80. The molecule has 1 N–H and O–H groups in total. The van der Waals surface area contributed by atoms with E-state index in [0.717, 1.165) is 0 Å². The molecule has 0 aliphatic rings. The largest absolute Gasteiger partial charge is 0.453 e. The van der Waals surface area contributed by atoms with Crippen LogP contribution in [0.5, 0.6) is 0 Å². The number of rotatable bonds is 4. The average molecular weight is 235 g/mol. The first kappa shape index (κ1) is 11.8. The zero-order chi connectivity index (χ0) is 12.4. The Morgan fingerprint density at radius 2 is 2.24 bits per heavy atom. The number of Topliss-reactive ketones (excluding diaryl/α,β-unsaturated/α-hetero) is 1. The zero-order valence-electron chi connectivity index (χ0n) is 9.79. The van der Waals surface area contributed by atoms with Crippen LogP contribution in [0.4, 0.5) is 4.39 Å². The van der Waals surface area contributed by atoms with E-state index < -0.39 is 0 Å². The summed E-state index contributed by atoms with van der Waals surface area (Å²) in [4.78, 5) is 12.0. The van der Waals surface area contributed by atoms with Gasteiger partial charge >= 0.3 is 0 Å². The molecule has 1 heterocycles. The lowest BCUT2D eigenvalue weighted by molar-refractivity contribution is 0.0904. The van der Waals surface area contributed by atoms with E-state index >= 15 is 0 Å². The molecule has 0 amide bonds. The Morgan fingerprint density at radius 3 is 2.94 bits per heavy atom. The summed E-state index contributed by atoms with van der Waals surface area (Å²) in [6.45, 7) is 2.41. The van der Waals surface area contributed by atoms with Gasteiger partial charge in [-0.3, -0.25) is 4.79 Å². The summed E-state index contributed by atoms with van der Waals surface area (Å²) in [6.07, 6.45) is 0. The van der Waals surface area contributed by atoms with Crippen LogP contribution >= 0.6 is 0 Å². The highest BCUT2D eigenvalue weighted by Gasteiger charge is 2.18. The maximum atomic E-state index is 13.0. The number of nitrogens with one attached hydrogen (secondary N) is 1. The SMILES string of the molecule is CNCC(C)C(=O)c1cc2cc(F)ccc2o1. The van der Waals surface area contributed by atoms with Crippen LogP contribution in [0.3, 0.4) is 0 Å². The van der Waals surface area contributed by atoms with Gasteiger partial charge in [-0.2, -0.15) is 0 Å². The van der Waals surface area contributed by atoms with Crippen molar-refractivity contribution in [1.82, 2.24) is 5.32 Å². The smallest absolute Gasteiger partial charge is 0.202 e. The van der Waals surface area contributed by atoms with Gasteiger partial charge < -0.3 is 9.73 Å². The van der Waals surface area contributed by atoms with Crippen molar-refractivity contribution in [3.05, 3.63) is 35.8 Å². The molecule has 2 rings (SSSR count). The first-order valence-corrected chi connectivity index (χ1v) is 5.49. The Labute approximate surface area is 98.6 Å². The van der Waals surface area contributed by atoms with Gasteiger partial charge in [0.2, 0.25) is 5.78 Å². The summed E-state index contributed by atoms with van der Waals surface area (Å²) in [5.74, 6) is -0.282. The van der Waals surface area contributed by atoms with Gasteiger partial charge in [0.25, 0.3) is 0 Å². The van der Waals surface area contributed by atoms with Crippen molar-refractivity contribution in [3.63, 3.8) is 0 Å². The Bertz CT molecular complexity index is 547. The molecule has 4 heteroatoms. The van der Waals surface area contributed by atoms with Gasteiger partial charge in [-0.1, -0.05) is 6.92 Å². The second-order valence-corrected chi connectivity index (χ2v) is 4.12. The predicted octanol–water partition coefficient (Wildman–Crippen LogP) is 2.61. The van der Waals surface area contributed by atoms with Gasteiger partial charge in [0.1, 0.15) is 11.4 Å². The second kappa shape index (κ2) is 4.67. The first-order valence-electron chi connectivity index (χ1n) is 5.49. The Hall–Kier alpha value is -1.68. The zero-order valence-corrected chi connectivity index (χ0v) is 9.79. The highest BCUT2D eigenvalue weighted by atomic mass is 19.1. The summed E-state index contributed by atoms with van der Waals surface area (Å²) < 4.78 is 18.4. The van der Waals surface area contributed by atoms with Crippen molar-refractivity contribution in [3.8, 4) is 0 Å². The number of benzene rings is 1. The number of hydrogen-bond acceptors (Lipinski definition) is 3. The van der Waals surface area contributed by atoms with Gasteiger partial charge in [0.05, 0.1) is 0 Å². The monoisotopic (exact) mass is 235 g/mol. The minimum Gasteiger partial charge on any atom is -0.453 e. The van der Waals surface area contributed by atoms with Crippen LogP contribution in [0.2, 0.25) is 0 Å². The molecule has 0 aliphatic carbocycles. The molecule has 1 aromatic carbocycles. The van der Waals surface area contributed by atoms with E-state index in [1.54, 1.807) is 13.1 Å². The molecule has 90 valence electrons. The van der Waals surface area contributed by atoms with Crippen LogP contribution in [0, 0.1) is 11.7 Å². The molecule has 0 aliphatic heterocycles. The van der Waals surface area contributed by atoms with Crippen LogP contribution in [0.1, 0.15) is 17.5 Å². The fraction of sp³-hybridized carbons (Fsp3) is 0.308. The summed E-state index contributed by atoms with van der Waals surface area (Å²) in [7, 11) is 1.79. The van der Waals surface area contributed by atoms with E-state index in [2.05, 4.69) is 5.32 Å². The van der Waals surface area contributed by atoms with E-state index in [4.69, 9.17) is 4.42 Å². The molecule has 1 atom stereocenters. The molecule has 17 heavy (non-hydrogen) atoms. The summed E-state index contributed by atoms with van der Waals surface area (Å²) in [5, 5.41) is 3.55. The second-order valence-electron chi connectivity index (χ2n) is 4.12.